The number of hydrogen-bond acceptors (Lipinski definition) is 2. The Morgan fingerprint density at radius 2 is 2.31 bits per heavy atom. The SMILES string of the molecule is CC(C)N(CCO)C1C=CCCC1. The summed E-state index contributed by atoms with van der Waals surface area (Å²) in [5.74, 6) is 0. The summed E-state index contributed by atoms with van der Waals surface area (Å²) in [6.45, 7) is 5.45. The molecular weight excluding hydrogens is 162 g/mol. The molecule has 76 valence electrons. The van der Waals surface area contributed by atoms with Crippen molar-refractivity contribution in [1.82, 2.24) is 4.90 Å². The second kappa shape index (κ2) is 5.40. The summed E-state index contributed by atoms with van der Waals surface area (Å²) in [6, 6.07) is 1.08. The standard InChI is InChI=1S/C11H21NO/c1-10(2)12(8-9-13)11-6-4-3-5-7-11/h4,6,10-11,13H,3,5,7-9H2,1-2H3. The molecule has 1 atom stereocenters. The van der Waals surface area contributed by atoms with Gasteiger partial charge >= 0.3 is 0 Å². The second-order valence-corrected chi connectivity index (χ2v) is 3.98. The normalized spacial score (nSPS) is 23.0. The van der Waals surface area contributed by atoms with Gasteiger partial charge in [-0.05, 0) is 33.1 Å². The number of aliphatic hydroxyl groups excluding tert-OH is 1. The molecule has 0 saturated heterocycles. The topological polar surface area (TPSA) is 23.5 Å². The maximum Gasteiger partial charge on any atom is 0.0558 e. The largest absolute Gasteiger partial charge is 0.395 e. The van der Waals surface area contributed by atoms with Gasteiger partial charge < -0.3 is 5.11 Å². The third kappa shape index (κ3) is 3.12. The lowest BCUT2D eigenvalue weighted by Gasteiger charge is -2.34. The molecule has 1 unspecified atom stereocenters. The van der Waals surface area contributed by atoms with Gasteiger partial charge in [-0.2, -0.15) is 0 Å². The Balaban J connectivity index is 2.51. The van der Waals surface area contributed by atoms with Gasteiger partial charge in [-0.15, -0.1) is 0 Å². The van der Waals surface area contributed by atoms with Crippen molar-refractivity contribution in [2.75, 3.05) is 13.2 Å². The molecule has 2 heteroatoms. The third-order valence-electron chi connectivity index (χ3n) is 2.68. The fourth-order valence-electron chi connectivity index (χ4n) is 1.99. The first-order chi connectivity index (χ1) is 6.25. The molecule has 1 aliphatic rings. The first-order valence-corrected chi connectivity index (χ1v) is 5.29. The summed E-state index contributed by atoms with van der Waals surface area (Å²) in [5.41, 5.74) is 0. The molecule has 0 aromatic carbocycles. The summed E-state index contributed by atoms with van der Waals surface area (Å²) in [5, 5.41) is 8.95. The van der Waals surface area contributed by atoms with Crippen LogP contribution in [0.15, 0.2) is 12.2 Å². The van der Waals surface area contributed by atoms with Gasteiger partial charge in [-0.25, -0.2) is 0 Å². The fourth-order valence-corrected chi connectivity index (χ4v) is 1.99. The van der Waals surface area contributed by atoms with Crippen LogP contribution in [-0.4, -0.2) is 35.2 Å². The number of nitrogens with zero attached hydrogens (tertiary/aromatic N) is 1. The lowest BCUT2D eigenvalue weighted by atomic mass is 10.0. The first-order valence-electron chi connectivity index (χ1n) is 5.29. The van der Waals surface area contributed by atoms with Gasteiger partial charge in [0.05, 0.1) is 6.61 Å². The maximum absolute atomic E-state index is 8.95. The van der Waals surface area contributed by atoms with E-state index in [9.17, 15) is 0 Å². The number of hydrogen-bond donors (Lipinski definition) is 1. The van der Waals surface area contributed by atoms with Crippen LogP contribution >= 0.6 is 0 Å². The molecular formula is C11H21NO. The predicted octanol–water partition coefficient (Wildman–Crippen LogP) is 1.80. The van der Waals surface area contributed by atoms with Gasteiger partial charge in [0, 0.05) is 18.6 Å². The highest BCUT2D eigenvalue weighted by atomic mass is 16.3. The van der Waals surface area contributed by atoms with Crippen LogP contribution < -0.4 is 0 Å². The Hall–Kier alpha value is -0.340. The summed E-state index contributed by atoms with van der Waals surface area (Å²) in [7, 11) is 0. The van der Waals surface area contributed by atoms with E-state index < -0.39 is 0 Å². The van der Waals surface area contributed by atoms with Crippen LogP contribution in [0.1, 0.15) is 33.1 Å². The van der Waals surface area contributed by atoms with E-state index in [-0.39, 0.29) is 6.61 Å². The van der Waals surface area contributed by atoms with Crippen LogP contribution in [0.2, 0.25) is 0 Å². The lowest BCUT2D eigenvalue weighted by molar-refractivity contribution is 0.131. The lowest BCUT2D eigenvalue weighted by Crippen LogP contribution is -2.41. The van der Waals surface area contributed by atoms with Crippen molar-refractivity contribution in [3.8, 4) is 0 Å². The molecule has 0 amide bonds. The number of aliphatic hydroxyl groups is 1. The van der Waals surface area contributed by atoms with E-state index >= 15 is 0 Å². The van der Waals surface area contributed by atoms with Crippen LogP contribution in [0, 0.1) is 0 Å². The molecule has 0 radical (unpaired) electrons. The van der Waals surface area contributed by atoms with E-state index in [1.54, 1.807) is 0 Å². The highest BCUT2D eigenvalue weighted by Crippen LogP contribution is 2.18. The molecule has 0 saturated carbocycles. The minimum Gasteiger partial charge on any atom is -0.395 e. The first kappa shape index (κ1) is 10.7. The van der Waals surface area contributed by atoms with Gasteiger partial charge in [-0.1, -0.05) is 12.2 Å². The molecule has 1 rings (SSSR count). The van der Waals surface area contributed by atoms with E-state index in [1.807, 2.05) is 0 Å². The zero-order valence-corrected chi connectivity index (χ0v) is 8.74. The van der Waals surface area contributed by atoms with E-state index in [0.29, 0.717) is 12.1 Å². The Morgan fingerprint density at radius 3 is 2.77 bits per heavy atom. The summed E-state index contributed by atoms with van der Waals surface area (Å²) < 4.78 is 0. The highest BCUT2D eigenvalue weighted by molar-refractivity contribution is 4.99. The smallest absolute Gasteiger partial charge is 0.0558 e. The maximum atomic E-state index is 8.95. The third-order valence-corrected chi connectivity index (χ3v) is 2.68. The molecule has 1 aliphatic carbocycles. The minimum absolute atomic E-state index is 0.266. The van der Waals surface area contributed by atoms with Crippen molar-refractivity contribution in [3.05, 3.63) is 12.2 Å². The molecule has 2 nitrogen and oxygen atoms in total. The average Bonchev–Trinajstić information content (AvgIpc) is 2.15. The number of allylic oxidation sites excluding steroid dienone is 1. The van der Waals surface area contributed by atoms with E-state index in [0.717, 1.165) is 6.54 Å². The van der Waals surface area contributed by atoms with Gasteiger partial charge in [-0.3, -0.25) is 4.90 Å². The van der Waals surface area contributed by atoms with Crippen LogP contribution in [0.25, 0.3) is 0 Å². The van der Waals surface area contributed by atoms with Crippen LogP contribution in [0.5, 0.6) is 0 Å². The summed E-state index contributed by atoms with van der Waals surface area (Å²) in [6.07, 6.45) is 8.31. The summed E-state index contributed by atoms with van der Waals surface area (Å²) >= 11 is 0. The van der Waals surface area contributed by atoms with Crippen LogP contribution in [0.4, 0.5) is 0 Å². The quantitative estimate of drug-likeness (QED) is 0.672. The van der Waals surface area contributed by atoms with Crippen molar-refractivity contribution >= 4 is 0 Å². The van der Waals surface area contributed by atoms with Crippen LogP contribution in [0.3, 0.4) is 0 Å². The van der Waals surface area contributed by atoms with Gasteiger partial charge in [0.15, 0.2) is 0 Å². The van der Waals surface area contributed by atoms with E-state index in [2.05, 4.69) is 30.9 Å². The zero-order chi connectivity index (χ0) is 9.68. The molecule has 0 aromatic rings. The van der Waals surface area contributed by atoms with Crippen molar-refractivity contribution in [1.29, 1.82) is 0 Å². The Morgan fingerprint density at radius 1 is 1.54 bits per heavy atom. The molecule has 13 heavy (non-hydrogen) atoms. The average molecular weight is 183 g/mol. The van der Waals surface area contributed by atoms with Crippen molar-refractivity contribution in [2.45, 2.75) is 45.2 Å². The van der Waals surface area contributed by atoms with Crippen molar-refractivity contribution in [2.24, 2.45) is 0 Å². The van der Waals surface area contributed by atoms with Gasteiger partial charge in [0.1, 0.15) is 0 Å². The monoisotopic (exact) mass is 183 g/mol. The van der Waals surface area contributed by atoms with E-state index in [4.69, 9.17) is 5.11 Å². The molecule has 0 fully saturated rings. The molecule has 0 spiro atoms. The zero-order valence-electron chi connectivity index (χ0n) is 8.74. The Kier molecular flexibility index (Phi) is 4.46. The molecule has 0 aromatic heterocycles. The minimum atomic E-state index is 0.266. The highest BCUT2D eigenvalue weighted by Gasteiger charge is 2.19. The second-order valence-electron chi connectivity index (χ2n) is 3.98. The Bertz CT molecular complexity index is 165. The van der Waals surface area contributed by atoms with Gasteiger partial charge in [0.2, 0.25) is 0 Å². The Labute approximate surface area is 81.2 Å². The van der Waals surface area contributed by atoms with E-state index in [1.165, 1.54) is 19.3 Å². The molecule has 0 bridgehead atoms. The predicted molar refractivity (Wildman–Crippen MR) is 55.7 cm³/mol. The molecule has 1 N–H and O–H groups in total. The molecule has 0 heterocycles. The van der Waals surface area contributed by atoms with Crippen molar-refractivity contribution in [3.63, 3.8) is 0 Å². The van der Waals surface area contributed by atoms with Crippen molar-refractivity contribution < 1.29 is 5.11 Å². The number of rotatable bonds is 4. The fraction of sp³-hybridized carbons (Fsp3) is 0.818. The van der Waals surface area contributed by atoms with Crippen LogP contribution in [-0.2, 0) is 0 Å². The van der Waals surface area contributed by atoms with Gasteiger partial charge in [0.25, 0.3) is 0 Å². The summed E-state index contributed by atoms with van der Waals surface area (Å²) in [4.78, 5) is 2.37. The molecule has 0 aliphatic heterocycles.